The van der Waals surface area contributed by atoms with E-state index in [1.54, 1.807) is 0 Å². The summed E-state index contributed by atoms with van der Waals surface area (Å²) in [6.45, 7) is 4.80. The normalized spacial score (nSPS) is 32.6. The van der Waals surface area contributed by atoms with Crippen LogP contribution in [0.5, 0.6) is 0 Å². The maximum absolute atomic E-state index is 5.66. The monoisotopic (exact) mass is 127 g/mol. The molecule has 0 saturated heterocycles. The van der Waals surface area contributed by atoms with E-state index in [2.05, 4.69) is 24.1 Å². The standard InChI is InChI=1S/C6H13N3/c1-6(2)3-5(7)4-8-9-6/h5H,3-4,7H2,1-2H3. The van der Waals surface area contributed by atoms with Crippen molar-refractivity contribution in [3.05, 3.63) is 0 Å². The summed E-state index contributed by atoms with van der Waals surface area (Å²) in [5.74, 6) is 0. The lowest BCUT2D eigenvalue weighted by molar-refractivity contribution is 0.367. The van der Waals surface area contributed by atoms with Gasteiger partial charge in [-0.3, -0.25) is 0 Å². The summed E-state index contributed by atoms with van der Waals surface area (Å²) in [6.07, 6.45) is 0.955. The summed E-state index contributed by atoms with van der Waals surface area (Å²) >= 11 is 0. The van der Waals surface area contributed by atoms with Gasteiger partial charge in [-0.2, -0.15) is 10.2 Å². The molecule has 0 spiro atoms. The Morgan fingerprint density at radius 2 is 2.22 bits per heavy atom. The van der Waals surface area contributed by atoms with Gasteiger partial charge >= 0.3 is 0 Å². The van der Waals surface area contributed by atoms with Crippen molar-refractivity contribution < 1.29 is 0 Å². The first-order valence-electron chi connectivity index (χ1n) is 3.24. The van der Waals surface area contributed by atoms with Crippen molar-refractivity contribution in [1.29, 1.82) is 0 Å². The van der Waals surface area contributed by atoms with Crippen molar-refractivity contribution in [2.24, 2.45) is 16.0 Å². The van der Waals surface area contributed by atoms with Crippen molar-refractivity contribution in [1.82, 2.24) is 0 Å². The van der Waals surface area contributed by atoms with Crippen LogP contribution in [0.25, 0.3) is 0 Å². The maximum Gasteiger partial charge on any atom is 0.0775 e. The van der Waals surface area contributed by atoms with Gasteiger partial charge in [-0.25, -0.2) is 0 Å². The second kappa shape index (κ2) is 2.06. The summed E-state index contributed by atoms with van der Waals surface area (Å²) in [5, 5.41) is 7.97. The number of hydrogen-bond donors (Lipinski definition) is 1. The second-order valence-electron chi connectivity index (χ2n) is 3.20. The van der Waals surface area contributed by atoms with E-state index in [0.29, 0.717) is 6.54 Å². The first-order valence-corrected chi connectivity index (χ1v) is 3.24. The van der Waals surface area contributed by atoms with Crippen molar-refractivity contribution in [2.75, 3.05) is 6.54 Å². The summed E-state index contributed by atoms with van der Waals surface area (Å²) in [4.78, 5) is 0. The fraction of sp³-hybridized carbons (Fsp3) is 1.00. The van der Waals surface area contributed by atoms with Crippen molar-refractivity contribution in [3.63, 3.8) is 0 Å². The molecule has 0 aromatic rings. The van der Waals surface area contributed by atoms with Gasteiger partial charge in [0, 0.05) is 6.04 Å². The molecule has 9 heavy (non-hydrogen) atoms. The minimum absolute atomic E-state index is 0.0162. The lowest BCUT2D eigenvalue weighted by Gasteiger charge is -2.25. The highest BCUT2D eigenvalue weighted by molar-refractivity contribution is 4.85. The van der Waals surface area contributed by atoms with E-state index >= 15 is 0 Å². The van der Waals surface area contributed by atoms with Crippen LogP contribution in [0, 0.1) is 0 Å². The van der Waals surface area contributed by atoms with Gasteiger partial charge in [0.2, 0.25) is 0 Å². The molecule has 1 atom stereocenters. The molecule has 0 fully saturated rings. The number of nitrogens with zero attached hydrogens (tertiary/aromatic N) is 2. The molecule has 0 radical (unpaired) electrons. The van der Waals surface area contributed by atoms with Gasteiger partial charge in [-0.15, -0.1) is 0 Å². The Kier molecular flexibility index (Phi) is 1.53. The zero-order valence-corrected chi connectivity index (χ0v) is 5.96. The lowest BCUT2D eigenvalue weighted by atomic mass is 9.96. The summed E-state index contributed by atoms with van der Waals surface area (Å²) in [7, 11) is 0. The van der Waals surface area contributed by atoms with Crippen molar-refractivity contribution in [2.45, 2.75) is 31.8 Å². The Balaban J connectivity index is 2.60. The first kappa shape index (κ1) is 6.68. The van der Waals surface area contributed by atoms with Gasteiger partial charge in [-0.1, -0.05) is 0 Å². The molecule has 1 aliphatic rings. The van der Waals surface area contributed by atoms with Crippen LogP contribution in [-0.2, 0) is 0 Å². The molecule has 0 aliphatic carbocycles. The van der Waals surface area contributed by atoms with Crippen LogP contribution in [-0.4, -0.2) is 18.1 Å². The van der Waals surface area contributed by atoms with Crippen LogP contribution in [0.4, 0.5) is 0 Å². The minimum Gasteiger partial charge on any atom is -0.326 e. The lowest BCUT2D eigenvalue weighted by Crippen LogP contribution is -2.36. The quantitative estimate of drug-likeness (QED) is 0.517. The molecular formula is C6H13N3. The molecule has 0 aromatic carbocycles. The molecule has 1 unspecified atom stereocenters. The van der Waals surface area contributed by atoms with E-state index in [4.69, 9.17) is 5.73 Å². The van der Waals surface area contributed by atoms with Crippen LogP contribution < -0.4 is 5.73 Å². The fourth-order valence-electron chi connectivity index (χ4n) is 1.08. The van der Waals surface area contributed by atoms with Crippen molar-refractivity contribution >= 4 is 0 Å². The summed E-state index contributed by atoms with van der Waals surface area (Å²) in [6, 6.07) is 0.220. The molecule has 1 aliphatic heterocycles. The molecule has 2 N–H and O–H groups in total. The Morgan fingerprint density at radius 3 is 2.56 bits per heavy atom. The highest BCUT2D eigenvalue weighted by Gasteiger charge is 2.23. The topological polar surface area (TPSA) is 50.7 Å². The molecule has 1 rings (SSSR count). The number of rotatable bonds is 0. The SMILES string of the molecule is CC1(C)CC(N)CN=N1. The highest BCUT2D eigenvalue weighted by Crippen LogP contribution is 2.20. The predicted octanol–water partition coefficient (Wildman–Crippen LogP) is 0.948. The third kappa shape index (κ3) is 1.75. The first-order chi connectivity index (χ1) is 4.10. The molecular weight excluding hydrogens is 114 g/mol. The molecule has 0 amide bonds. The second-order valence-corrected chi connectivity index (χ2v) is 3.20. The largest absolute Gasteiger partial charge is 0.326 e. The van der Waals surface area contributed by atoms with Crippen LogP contribution in [0.1, 0.15) is 20.3 Å². The van der Waals surface area contributed by atoms with E-state index < -0.39 is 0 Å². The average molecular weight is 127 g/mol. The van der Waals surface area contributed by atoms with Gasteiger partial charge in [0.1, 0.15) is 0 Å². The van der Waals surface area contributed by atoms with E-state index in [1.165, 1.54) is 0 Å². The fourth-order valence-corrected chi connectivity index (χ4v) is 1.08. The van der Waals surface area contributed by atoms with Gasteiger partial charge in [0.15, 0.2) is 0 Å². The number of azo groups is 1. The van der Waals surface area contributed by atoms with Crippen LogP contribution in [0.2, 0.25) is 0 Å². The van der Waals surface area contributed by atoms with Gasteiger partial charge in [0.25, 0.3) is 0 Å². The molecule has 3 heteroatoms. The Labute approximate surface area is 55.3 Å². The summed E-state index contributed by atoms with van der Waals surface area (Å²) in [5.41, 5.74) is 5.64. The van der Waals surface area contributed by atoms with E-state index in [-0.39, 0.29) is 11.6 Å². The molecule has 1 heterocycles. The molecule has 52 valence electrons. The van der Waals surface area contributed by atoms with Gasteiger partial charge in [0.05, 0.1) is 12.1 Å². The van der Waals surface area contributed by atoms with Crippen LogP contribution in [0.15, 0.2) is 10.2 Å². The third-order valence-corrected chi connectivity index (χ3v) is 1.42. The summed E-state index contributed by atoms with van der Waals surface area (Å²) < 4.78 is 0. The van der Waals surface area contributed by atoms with Crippen LogP contribution in [0.3, 0.4) is 0 Å². The Hall–Kier alpha value is -0.440. The molecule has 3 nitrogen and oxygen atoms in total. The molecule has 0 bridgehead atoms. The Bertz CT molecular complexity index is 128. The number of nitrogens with two attached hydrogens (primary N) is 1. The van der Waals surface area contributed by atoms with Gasteiger partial charge < -0.3 is 5.73 Å². The zero-order chi connectivity index (χ0) is 6.91. The van der Waals surface area contributed by atoms with Gasteiger partial charge in [-0.05, 0) is 20.3 Å². The number of hydrogen-bond acceptors (Lipinski definition) is 3. The van der Waals surface area contributed by atoms with E-state index in [1.807, 2.05) is 0 Å². The van der Waals surface area contributed by atoms with Crippen molar-refractivity contribution in [3.8, 4) is 0 Å². The maximum atomic E-state index is 5.66. The molecule has 0 saturated carbocycles. The predicted molar refractivity (Wildman–Crippen MR) is 36.4 cm³/mol. The minimum atomic E-state index is -0.0162. The highest BCUT2D eigenvalue weighted by atomic mass is 15.2. The van der Waals surface area contributed by atoms with E-state index in [9.17, 15) is 0 Å². The Morgan fingerprint density at radius 1 is 1.56 bits per heavy atom. The zero-order valence-electron chi connectivity index (χ0n) is 5.96. The van der Waals surface area contributed by atoms with Crippen LogP contribution >= 0.6 is 0 Å². The smallest absolute Gasteiger partial charge is 0.0775 e. The average Bonchev–Trinajstić information content (AvgIpc) is 1.60. The van der Waals surface area contributed by atoms with E-state index in [0.717, 1.165) is 6.42 Å². The molecule has 0 aromatic heterocycles. The third-order valence-electron chi connectivity index (χ3n) is 1.42.